The fraction of sp³-hybridized carbons (Fsp3) is 0.929. The summed E-state index contributed by atoms with van der Waals surface area (Å²) >= 11 is 1.84. The number of hydrogen-bond donors (Lipinski definition) is 2. The number of nitrogens with one attached hydrogen (secondary N) is 2. The van der Waals surface area contributed by atoms with Gasteiger partial charge in [0, 0.05) is 24.4 Å². The van der Waals surface area contributed by atoms with E-state index in [4.69, 9.17) is 4.74 Å². The number of halogens is 1. The van der Waals surface area contributed by atoms with Gasteiger partial charge in [-0.3, -0.25) is 4.99 Å². The SMILES string of the molecule is CCNC(=NCC(C)(C)SC)NCC1(C)CCCO1.I. The Bertz CT molecular complexity index is 305. The highest BCUT2D eigenvalue weighted by Crippen LogP contribution is 2.24. The Balaban J connectivity index is 0.00000361. The molecule has 20 heavy (non-hydrogen) atoms. The second-order valence-corrected chi connectivity index (χ2v) is 7.43. The zero-order chi connectivity index (χ0) is 14.4. The number of aliphatic imine (C=N–C) groups is 1. The average molecular weight is 415 g/mol. The standard InChI is InChI=1S/C14H29N3OS.HI/c1-6-15-12(16-10-13(2,3)19-5)17-11-14(4)8-7-9-18-14;/h6-11H2,1-5H3,(H2,15,16,17);1H. The van der Waals surface area contributed by atoms with Gasteiger partial charge >= 0.3 is 0 Å². The molecular formula is C14H30IN3OS. The molecule has 1 rings (SSSR count). The van der Waals surface area contributed by atoms with Crippen molar-refractivity contribution in [2.75, 3.05) is 32.5 Å². The number of thioether (sulfide) groups is 1. The molecule has 0 amide bonds. The molecular weight excluding hydrogens is 385 g/mol. The van der Waals surface area contributed by atoms with Crippen LogP contribution in [0.5, 0.6) is 0 Å². The predicted octanol–water partition coefficient (Wildman–Crippen LogP) is 2.87. The first kappa shape index (κ1) is 20.3. The summed E-state index contributed by atoms with van der Waals surface area (Å²) in [5, 5.41) is 6.70. The zero-order valence-electron chi connectivity index (χ0n) is 13.4. The van der Waals surface area contributed by atoms with E-state index in [1.165, 1.54) is 0 Å². The van der Waals surface area contributed by atoms with Crippen molar-refractivity contribution >= 4 is 41.7 Å². The van der Waals surface area contributed by atoms with Crippen molar-refractivity contribution in [1.82, 2.24) is 10.6 Å². The minimum absolute atomic E-state index is 0. The van der Waals surface area contributed by atoms with E-state index in [9.17, 15) is 0 Å². The van der Waals surface area contributed by atoms with E-state index < -0.39 is 0 Å². The van der Waals surface area contributed by atoms with Gasteiger partial charge in [0.1, 0.15) is 0 Å². The Labute approximate surface area is 145 Å². The average Bonchev–Trinajstić information content (AvgIpc) is 2.80. The first-order chi connectivity index (χ1) is 8.91. The molecule has 1 unspecified atom stereocenters. The highest BCUT2D eigenvalue weighted by atomic mass is 127. The van der Waals surface area contributed by atoms with Gasteiger partial charge in [-0.25, -0.2) is 0 Å². The van der Waals surface area contributed by atoms with Crippen molar-refractivity contribution in [3.05, 3.63) is 0 Å². The van der Waals surface area contributed by atoms with Gasteiger partial charge in [0.25, 0.3) is 0 Å². The second-order valence-electron chi connectivity index (χ2n) is 5.91. The normalized spacial score (nSPS) is 23.4. The van der Waals surface area contributed by atoms with E-state index in [-0.39, 0.29) is 34.3 Å². The maximum Gasteiger partial charge on any atom is 0.191 e. The Hall–Kier alpha value is 0.310. The predicted molar refractivity (Wildman–Crippen MR) is 101 cm³/mol. The lowest BCUT2D eigenvalue weighted by Gasteiger charge is -2.25. The van der Waals surface area contributed by atoms with Crippen molar-refractivity contribution in [3.63, 3.8) is 0 Å². The zero-order valence-corrected chi connectivity index (χ0v) is 16.6. The molecule has 1 heterocycles. The lowest BCUT2D eigenvalue weighted by atomic mass is 10.0. The highest BCUT2D eigenvalue weighted by Gasteiger charge is 2.29. The summed E-state index contributed by atoms with van der Waals surface area (Å²) in [6, 6.07) is 0. The minimum Gasteiger partial charge on any atom is -0.373 e. The highest BCUT2D eigenvalue weighted by molar-refractivity contribution is 14.0. The molecule has 0 radical (unpaired) electrons. The second kappa shape index (κ2) is 9.35. The van der Waals surface area contributed by atoms with Crippen LogP contribution in [0.15, 0.2) is 4.99 Å². The Morgan fingerprint density at radius 1 is 1.40 bits per heavy atom. The molecule has 2 N–H and O–H groups in total. The van der Waals surface area contributed by atoms with Gasteiger partial charge in [-0.2, -0.15) is 11.8 Å². The van der Waals surface area contributed by atoms with Gasteiger partial charge in [-0.15, -0.1) is 24.0 Å². The summed E-state index contributed by atoms with van der Waals surface area (Å²) in [6.07, 6.45) is 4.41. The number of rotatable bonds is 6. The van der Waals surface area contributed by atoms with Crippen LogP contribution in [0.3, 0.4) is 0 Å². The lowest BCUT2D eigenvalue weighted by molar-refractivity contribution is 0.0243. The summed E-state index contributed by atoms with van der Waals surface area (Å²) in [7, 11) is 0. The largest absolute Gasteiger partial charge is 0.373 e. The number of nitrogens with zero attached hydrogens (tertiary/aromatic N) is 1. The fourth-order valence-corrected chi connectivity index (χ4v) is 2.12. The summed E-state index contributed by atoms with van der Waals surface area (Å²) < 4.78 is 5.96. The van der Waals surface area contributed by atoms with Crippen molar-refractivity contribution < 1.29 is 4.74 Å². The molecule has 0 aromatic rings. The Morgan fingerprint density at radius 3 is 2.60 bits per heavy atom. The topological polar surface area (TPSA) is 45.7 Å². The number of ether oxygens (including phenoxy) is 1. The molecule has 0 aromatic carbocycles. The molecule has 1 aliphatic heterocycles. The first-order valence-corrected chi connectivity index (χ1v) is 8.34. The first-order valence-electron chi connectivity index (χ1n) is 7.12. The van der Waals surface area contributed by atoms with Crippen LogP contribution in [0.2, 0.25) is 0 Å². The quantitative estimate of drug-likeness (QED) is 0.398. The van der Waals surface area contributed by atoms with Gasteiger partial charge in [-0.05, 0) is 46.8 Å². The maximum absolute atomic E-state index is 5.79. The number of hydrogen-bond acceptors (Lipinski definition) is 3. The van der Waals surface area contributed by atoms with E-state index in [0.717, 1.165) is 45.0 Å². The molecule has 0 saturated carbocycles. The minimum atomic E-state index is -0.0365. The van der Waals surface area contributed by atoms with Gasteiger partial charge in [-0.1, -0.05) is 0 Å². The van der Waals surface area contributed by atoms with Gasteiger partial charge in [0.2, 0.25) is 0 Å². The summed E-state index contributed by atoms with van der Waals surface area (Å²) in [5.74, 6) is 0.890. The summed E-state index contributed by atoms with van der Waals surface area (Å²) in [5.41, 5.74) is -0.0365. The Kier molecular flexibility index (Phi) is 9.50. The molecule has 120 valence electrons. The van der Waals surface area contributed by atoms with E-state index in [0.29, 0.717) is 0 Å². The van der Waals surface area contributed by atoms with E-state index in [1.807, 2.05) is 11.8 Å². The molecule has 1 fully saturated rings. The molecule has 6 heteroatoms. The van der Waals surface area contributed by atoms with E-state index in [1.54, 1.807) is 0 Å². The fourth-order valence-electron chi connectivity index (χ4n) is 1.92. The molecule has 0 bridgehead atoms. The number of guanidine groups is 1. The third kappa shape index (κ3) is 7.36. The van der Waals surface area contributed by atoms with Crippen LogP contribution in [0.1, 0.15) is 40.5 Å². The molecule has 0 aliphatic carbocycles. The van der Waals surface area contributed by atoms with Crippen LogP contribution in [0, 0.1) is 0 Å². The third-order valence-corrected chi connectivity index (χ3v) is 4.68. The summed E-state index contributed by atoms with van der Waals surface area (Å²) in [4.78, 5) is 4.67. The van der Waals surface area contributed by atoms with Gasteiger partial charge in [0.05, 0.1) is 12.1 Å². The van der Waals surface area contributed by atoms with Crippen LogP contribution in [-0.2, 0) is 4.74 Å². The smallest absolute Gasteiger partial charge is 0.191 e. The van der Waals surface area contributed by atoms with Crippen molar-refractivity contribution in [2.24, 2.45) is 4.99 Å². The third-order valence-electron chi connectivity index (χ3n) is 3.45. The van der Waals surface area contributed by atoms with E-state index >= 15 is 0 Å². The van der Waals surface area contributed by atoms with Gasteiger partial charge < -0.3 is 15.4 Å². The monoisotopic (exact) mass is 415 g/mol. The van der Waals surface area contributed by atoms with Crippen molar-refractivity contribution in [3.8, 4) is 0 Å². The molecule has 4 nitrogen and oxygen atoms in total. The Morgan fingerprint density at radius 2 is 2.10 bits per heavy atom. The molecule has 1 saturated heterocycles. The van der Waals surface area contributed by atoms with E-state index in [2.05, 4.69) is 49.6 Å². The molecule has 0 aromatic heterocycles. The van der Waals surface area contributed by atoms with Crippen molar-refractivity contribution in [1.29, 1.82) is 0 Å². The maximum atomic E-state index is 5.79. The van der Waals surface area contributed by atoms with Crippen LogP contribution >= 0.6 is 35.7 Å². The molecule has 0 spiro atoms. The van der Waals surface area contributed by atoms with Crippen LogP contribution in [-0.4, -0.2) is 48.8 Å². The molecule has 1 aliphatic rings. The van der Waals surface area contributed by atoms with Gasteiger partial charge in [0.15, 0.2) is 5.96 Å². The van der Waals surface area contributed by atoms with Crippen LogP contribution < -0.4 is 10.6 Å². The van der Waals surface area contributed by atoms with Crippen molar-refractivity contribution in [2.45, 2.75) is 50.9 Å². The lowest BCUT2D eigenvalue weighted by Crippen LogP contribution is -2.46. The van der Waals surface area contributed by atoms with Crippen LogP contribution in [0.4, 0.5) is 0 Å². The molecule has 1 atom stereocenters. The summed E-state index contributed by atoms with van der Waals surface area (Å²) in [6.45, 7) is 12.1. The van der Waals surface area contributed by atoms with Crippen LogP contribution in [0.25, 0.3) is 0 Å².